The maximum absolute atomic E-state index is 12.4. The smallest absolute Gasteiger partial charge is 0.314 e. The van der Waals surface area contributed by atoms with E-state index in [9.17, 15) is 14.7 Å². The van der Waals surface area contributed by atoms with Crippen LogP contribution < -0.4 is 0 Å². The van der Waals surface area contributed by atoms with Gasteiger partial charge in [-0.1, -0.05) is 0 Å². The highest BCUT2D eigenvalue weighted by atomic mass is 16.5. The second kappa shape index (κ2) is 5.48. The third-order valence-electron chi connectivity index (χ3n) is 4.19. The second-order valence-electron chi connectivity index (χ2n) is 5.47. The zero-order valence-electron chi connectivity index (χ0n) is 12.0. The fourth-order valence-electron chi connectivity index (χ4n) is 3.10. The predicted molar refractivity (Wildman–Crippen MR) is 72.7 cm³/mol. The molecular formula is C14H19N3O4. The molecule has 3 rings (SSSR count). The van der Waals surface area contributed by atoms with Crippen molar-refractivity contribution in [3.05, 3.63) is 17.7 Å². The van der Waals surface area contributed by atoms with Crippen LogP contribution in [0.15, 0.2) is 6.33 Å². The average Bonchev–Trinajstić information content (AvgIpc) is 3.14. The van der Waals surface area contributed by atoms with Gasteiger partial charge in [0.15, 0.2) is 0 Å². The highest BCUT2D eigenvalue weighted by Gasteiger charge is 2.38. The monoisotopic (exact) mass is 293 g/mol. The number of carbonyl (C=O) groups excluding carboxylic acids is 1. The fraction of sp³-hybridized carbons (Fsp3) is 0.643. The number of imidazole rings is 1. The number of fused-ring (bicyclic) bond motifs is 1. The molecule has 7 nitrogen and oxygen atoms in total. The van der Waals surface area contributed by atoms with E-state index in [1.807, 2.05) is 11.5 Å². The summed E-state index contributed by atoms with van der Waals surface area (Å²) in [5.41, 5.74) is 1.41. The molecule has 114 valence electrons. The first-order valence-corrected chi connectivity index (χ1v) is 7.29. The van der Waals surface area contributed by atoms with Crippen molar-refractivity contribution in [1.29, 1.82) is 0 Å². The molecule has 0 aliphatic carbocycles. The van der Waals surface area contributed by atoms with Gasteiger partial charge in [0.2, 0.25) is 0 Å². The van der Waals surface area contributed by atoms with Crippen LogP contribution in [0.4, 0.5) is 0 Å². The van der Waals surface area contributed by atoms with Crippen LogP contribution in [0.25, 0.3) is 0 Å². The number of carboxylic acid groups (broad SMARTS) is 1. The molecule has 3 heterocycles. The van der Waals surface area contributed by atoms with E-state index in [1.165, 1.54) is 0 Å². The van der Waals surface area contributed by atoms with Gasteiger partial charge in [0.25, 0.3) is 5.91 Å². The van der Waals surface area contributed by atoms with Crippen LogP contribution in [0, 0.1) is 0 Å². The molecular weight excluding hydrogens is 274 g/mol. The summed E-state index contributed by atoms with van der Waals surface area (Å²) in [7, 11) is 0. The van der Waals surface area contributed by atoms with Gasteiger partial charge in [-0.25, -0.2) is 4.98 Å². The van der Waals surface area contributed by atoms with Crippen LogP contribution in [0.2, 0.25) is 0 Å². The van der Waals surface area contributed by atoms with Crippen molar-refractivity contribution in [3.63, 3.8) is 0 Å². The van der Waals surface area contributed by atoms with Gasteiger partial charge in [-0.05, 0) is 19.8 Å². The fourth-order valence-corrected chi connectivity index (χ4v) is 3.10. The molecule has 21 heavy (non-hydrogen) atoms. The van der Waals surface area contributed by atoms with Crippen LogP contribution in [-0.4, -0.2) is 50.7 Å². The lowest BCUT2D eigenvalue weighted by Gasteiger charge is -2.32. The van der Waals surface area contributed by atoms with Gasteiger partial charge in [-0.3, -0.25) is 9.59 Å². The van der Waals surface area contributed by atoms with E-state index >= 15 is 0 Å². The molecule has 2 atom stereocenters. The molecule has 2 aliphatic rings. The molecule has 0 saturated carbocycles. The van der Waals surface area contributed by atoms with Gasteiger partial charge >= 0.3 is 5.97 Å². The number of carbonyl (C=O) groups is 2. The summed E-state index contributed by atoms with van der Waals surface area (Å²) in [6, 6.07) is 0. The van der Waals surface area contributed by atoms with E-state index in [0.717, 1.165) is 12.1 Å². The van der Waals surface area contributed by atoms with E-state index in [0.29, 0.717) is 31.8 Å². The summed E-state index contributed by atoms with van der Waals surface area (Å²) >= 11 is 0. The lowest BCUT2D eigenvalue weighted by atomic mass is 9.97. The maximum atomic E-state index is 12.4. The Hall–Kier alpha value is -1.89. The molecule has 1 aromatic heterocycles. The van der Waals surface area contributed by atoms with E-state index in [-0.39, 0.29) is 12.5 Å². The number of aromatic nitrogens is 2. The minimum absolute atomic E-state index is 0.115. The summed E-state index contributed by atoms with van der Waals surface area (Å²) in [5.74, 6) is -1.76. The molecule has 1 N–H and O–H groups in total. The van der Waals surface area contributed by atoms with Crippen molar-refractivity contribution in [1.82, 2.24) is 14.5 Å². The Kier molecular flexibility index (Phi) is 3.67. The molecule has 1 amide bonds. The molecule has 2 aliphatic heterocycles. The number of rotatable bonds is 3. The first-order valence-electron chi connectivity index (χ1n) is 7.29. The number of hydrogen-bond donors (Lipinski definition) is 1. The lowest BCUT2D eigenvalue weighted by Crippen LogP contribution is -2.45. The molecule has 7 heteroatoms. The molecule has 1 fully saturated rings. The summed E-state index contributed by atoms with van der Waals surface area (Å²) in [4.78, 5) is 29.8. The number of ether oxygens (including phenoxy) is 1. The van der Waals surface area contributed by atoms with Crippen molar-refractivity contribution in [3.8, 4) is 0 Å². The highest BCUT2D eigenvalue weighted by Crippen LogP contribution is 2.29. The van der Waals surface area contributed by atoms with E-state index in [4.69, 9.17) is 4.74 Å². The maximum Gasteiger partial charge on any atom is 0.314 e. The van der Waals surface area contributed by atoms with Gasteiger partial charge in [-0.15, -0.1) is 0 Å². The van der Waals surface area contributed by atoms with Crippen LogP contribution in [0.3, 0.4) is 0 Å². The Balaban J connectivity index is 1.87. The summed E-state index contributed by atoms with van der Waals surface area (Å²) in [5, 5.41) is 9.48. The minimum atomic E-state index is -0.920. The zero-order valence-corrected chi connectivity index (χ0v) is 12.0. The molecule has 0 bridgehead atoms. The van der Waals surface area contributed by atoms with Gasteiger partial charge in [-0.2, -0.15) is 0 Å². The number of aliphatic carboxylic acids is 1. The molecule has 0 unspecified atom stereocenters. The van der Waals surface area contributed by atoms with Gasteiger partial charge in [0.1, 0.15) is 12.0 Å². The largest absolute Gasteiger partial charge is 0.481 e. The summed E-state index contributed by atoms with van der Waals surface area (Å²) in [6.07, 6.45) is 2.82. The lowest BCUT2D eigenvalue weighted by molar-refractivity contribution is -0.145. The average molecular weight is 293 g/mol. The van der Waals surface area contributed by atoms with Crippen molar-refractivity contribution in [2.24, 2.45) is 0 Å². The topological polar surface area (TPSA) is 84.7 Å². The van der Waals surface area contributed by atoms with Gasteiger partial charge in [0.05, 0.1) is 24.3 Å². The van der Waals surface area contributed by atoms with Gasteiger partial charge < -0.3 is 19.3 Å². The Morgan fingerprint density at radius 3 is 2.95 bits per heavy atom. The highest BCUT2D eigenvalue weighted by molar-refractivity contribution is 5.83. The third-order valence-corrected chi connectivity index (χ3v) is 4.19. The van der Waals surface area contributed by atoms with Crippen LogP contribution >= 0.6 is 0 Å². The Bertz CT molecular complexity index is 563. The van der Waals surface area contributed by atoms with Crippen LogP contribution in [0.1, 0.15) is 37.1 Å². The molecule has 0 aromatic carbocycles. The first kappa shape index (κ1) is 14.1. The van der Waals surface area contributed by atoms with Crippen molar-refractivity contribution in [2.45, 2.75) is 44.9 Å². The van der Waals surface area contributed by atoms with Crippen molar-refractivity contribution < 1.29 is 19.4 Å². The number of hydrogen-bond acceptors (Lipinski definition) is 4. The van der Waals surface area contributed by atoms with E-state index in [1.54, 1.807) is 11.2 Å². The number of carboxylic acids is 1. The number of aryl methyl sites for hydroxylation is 1. The standard InChI is InChI=1S/C14H19N3O4/c1-2-16-8-15-10-7-17(6-9(12(10)16)14(19)20)13(18)11-4-3-5-21-11/h8-9,11H,2-7H2,1H3,(H,19,20)/t9-,11-/m1/s1. The SMILES string of the molecule is CCn1cnc2c1[C@H](C(=O)O)CN(C(=O)[C@H]1CCCO1)C2. The van der Waals surface area contributed by atoms with E-state index < -0.39 is 18.0 Å². The van der Waals surface area contributed by atoms with Crippen molar-refractivity contribution >= 4 is 11.9 Å². The van der Waals surface area contributed by atoms with E-state index in [2.05, 4.69) is 4.98 Å². The Morgan fingerprint density at radius 1 is 1.52 bits per heavy atom. The second-order valence-corrected chi connectivity index (χ2v) is 5.47. The molecule has 1 aromatic rings. The van der Waals surface area contributed by atoms with Crippen molar-refractivity contribution in [2.75, 3.05) is 13.2 Å². The third kappa shape index (κ3) is 2.42. The number of amides is 1. The van der Waals surface area contributed by atoms with Crippen LogP contribution in [0.5, 0.6) is 0 Å². The molecule has 0 spiro atoms. The minimum Gasteiger partial charge on any atom is -0.481 e. The Labute approximate surface area is 122 Å². The number of nitrogens with zero attached hydrogens (tertiary/aromatic N) is 3. The first-order chi connectivity index (χ1) is 10.1. The molecule has 0 radical (unpaired) electrons. The van der Waals surface area contributed by atoms with Gasteiger partial charge in [0, 0.05) is 19.7 Å². The quantitative estimate of drug-likeness (QED) is 0.882. The predicted octanol–water partition coefficient (Wildman–Crippen LogP) is 0.592. The summed E-state index contributed by atoms with van der Waals surface area (Å²) in [6.45, 7) is 3.77. The summed E-state index contributed by atoms with van der Waals surface area (Å²) < 4.78 is 7.26. The zero-order chi connectivity index (χ0) is 15.0. The molecule has 1 saturated heterocycles. The van der Waals surface area contributed by atoms with Crippen LogP contribution in [-0.2, 0) is 27.4 Å². The normalized spacial score (nSPS) is 24.9. The Morgan fingerprint density at radius 2 is 2.33 bits per heavy atom.